The standard InChI is InChI=1S/C16H24FNO3/c1-5-6-14(15(19)20)21-13-8-7-12(17)9-11(13)10-18-16(2,3)4/h7-9,14,18H,5-6,10H2,1-4H3,(H,19,20). The molecule has 0 aliphatic rings. The predicted molar refractivity (Wildman–Crippen MR) is 80.0 cm³/mol. The zero-order valence-electron chi connectivity index (χ0n) is 13.1. The summed E-state index contributed by atoms with van der Waals surface area (Å²) in [6.07, 6.45) is 0.209. The number of rotatable bonds is 7. The first-order valence-electron chi connectivity index (χ1n) is 7.16. The van der Waals surface area contributed by atoms with Crippen LogP contribution in [0.5, 0.6) is 5.75 Å². The van der Waals surface area contributed by atoms with Gasteiger partial charge >= 0.3 is 5.97 Å². The fourth-order valence-corrected chi connectivity index (χ4v) is 1.81. The molecule has 1 rings (SSSR count). The van der Waals surface area contributed by atoms with Crippen LogP contribution < -0.4 is 10.1 Å². The summed E-state index contributed by atoms with van der Waals surface area (Å²) in [5.74, 6) is -0.958. The van der Waals surface area contributed by atoms with Crippen LogP contribution in [-0.4, -0.2) is 22.7 Å². The highest BCUT2D eigenvalue weighted by Gasteiger charge is 2.20. The van der Waals surface area contributed by atoms with Crippen molar-refractivity contribution in [3.8, 4) is 5.75 Å². The van der Waals surface area contributed by atoms with Crippen molar-refractivity contribution in [3.63, 3.8) is 0 Å². The van der Waals surface area contributed by atoms with E-state index in [-0.39, 0.29) is 11.4 Å². The van der Waals surface area contributed by atoms with Crippen molar-refractivity contribution in [2.24, 2.45) is 0 Å². The van der Waals surface area contributed by atoms with Crippen molar-refractivity contribution < 1.29 is 19.0 Å². The van der Waals surface area contributed by atoms with E-state index in [9.17, 15) is 9.18 Å². The SMILES string of the molecule is CCCC(Oc1ccc(F)cc1CNC(C)(C)C)C(=O)O. The molecule has 0 saturated carbocycles. The lowest BCUT2D eigenvalue weighted by Gasteiger charge is -2.22. The van der Waals surface area contributed by atoms with Crippen LogP contribution in [0, 0.1) is 5.82 Å². The van der Waals surface area contributed by atoms with Gasteiger partial charge in [-0.15, -0.1) is 0 Å². The second-order valence-corrected chi connectivity index (χ2v) is 6.09. The maximum absolute atomic E-state index is 13.4. The van der Waals surface area contributed by atoms with Gasteiger partial charge in [0.25, 0.3) is 0 Å². The first-order valence-corrected chi connectivity index (χ1v) is 7.16. The molecule has 118 valence electrons. The number of nitrogens with one attached hydrogen (secondary N) is 1. The first-order chi connectivity index (χ1) is 9.73. The second kappa shape index (κ2) is 7.41. The molecule has 0 saturated heterocycles. The molecule has 0 bridgehead atoms. The highest BCUT2D eigenvalue weighted by molar-refractivity contribution is 5.72. The van der Waals surface area contributed by atoms with E-state index in [4.69, 9.17) is 9.84 Å². The Kier molecular flexibility index (Phi) is 6.15. The van der Waals surface area contributed by atoms with Crippen LogP contribution >= 0.6 is 0 Å². The smallest absolute Gasteiger partial charge is 0.344 e. The molecular formula is C16H24FNO3. The normalized spacial score (nSPS) is 13.0. The van der Waals surface area contributed by atoms with Crippen LogP contribution in [0.2, 0.25) is 0 Å². The van der Waals surface area contributed by atoms with Crippen LogP contribution in [0.25, 0.3) is 0 Å². The number of carbonyl (C=O) groups is 1. The monoisotopic (exact) mass is 297 g/mol. The summed E-state index contributed by atoms with van der Waals surface area (Å²) in [6, 6.07) is 4.14. The minimum absolute atomic E-state index is 0.126. The van der Waals surface area contributed by atoms with Crippen molar-refractivity contribution in [2.75, 3.05) is 0 Å². The Morgan fingerprint density at radius 1 is 1.43 bits per heavy atom. The van der Waals surface area contributed by atoms with E-state index in [1.165, 1.54) is 18.2 Å². The zero-order chi connectivity index (χ0) is 16.0. The summed E-state index contributed by atoms with van der Waals surface area (Å²) < 4.78 is 19.0. The van der Waals surface area contributed by atoms with Crippen molar-refractivity contribution in [1.29, 1.82) is 0 Å². The number of carboxylic acid groups (broad SMARTS) is 1. The average Bonchev–Trinajstić information content (AvgIpc) is 2.37. The fraction of sp³-hybridized carbons (Fsp3) is 0.562. The van der Waals surface area contributed by atoms with Gasteiger partial charge in [0.2, 0.25) is 0 Å². The molecule has 0 heterocycles. The molecule has 0 aliphatic heterocycles. The van der Waals surface area contributed by atoms with E-state index < -0.39 is 12.1 Å². The quantitative estimate of drug-likeness (QED) is 0.810. The number of hydrogen-bond donors (Lipinski definition) is 2. The Morgan fingerprint density at radius 3 is 2.62 bits per heavy atom. The number of carboxylic acids is 1. The summed E-state index contributed by atoms with van der Waals surface area (Å²) in [4.78, 5) is 11.2. The van der Waals surface area contributed by atoms with E-state index in [2.05, 4.69) is 5.32 Å². The van der Waals surface area contributed by atoms with Gasteiger partial charge in [0.15, 0.2) is 6.10 Å². The lowest BCUT2D eigenvalue weighted by atomic mass is 10.1. The third kappa shape index (κ3) is 6.12. The molecule has 5 heteroatoms. The molecule has 0 aromatic heterocycles. The molecular weight excluding hydrogens is 273 g/mol. The van der Waals surface area contributed by atoms with Gasteiger partial charge in [-0.1, -0.05) is 13.3 Å². The summed E-state index contributed by atoms with van der Waals surface area (Å²) >= 11 is 0. The van der Waals surface area contributed by atoms with E-state index in [0.717, 1.165) is 0 Å². The van der Waals surface area contributed by atoms with Gasteiger partial charge in [-0.3, -0.25) is 0 Å². The van der Waals surface area contributed by atoms with Gasteiger partial charge in [-0.05, 0) is 45.4 Å². The summed E-state index contributed by atoms with van der Waals surface area (Å²) in [5, 5.41) is 12.4. The molecule has 1 aromatic rings. The van der Waals surface area contributed by atoms with Crippen LogP contribution in [0.1, 0.15) is 46.1 Å². The molecule has 2 N–H and O–H groups in total. The average molecular weight is 297 g/mol. The Morgan fingerprint density at radius 2 is 2.10 bits per heavy atom. The zero-order valence-corrected chi connectivity index (χ0v) is 13.1. The molecule has 0 spiro atoms. The van der Waals surface area contributed by atoms with Gasteiger partial charge in [0.05, 0.1) is 0 Å². The molecule has 0 aliphatic carbocycles. The summed E-state index contributed by atoms with van der Waals surface area (Å²) in [6.45, 7) is 8.32. The van der Waals surface area contributed by atoms with Crippen molar-refractivity contribution in [3.05, 3.63) is 29.6 Å². The van der Waals surface area contributed by atoms with E-state index in [1.807, 2.05) is 27.7 Å². The van der Waals surface area contributed by atoms with Crippen molar-refractivity contribution in [2.45, 2.75) is 58.7 Å². The van der Waals surface area contributed by atoms with Gasteiger partial charge in [-0.2, -0.15) is 0 Å². The molecule has 1 unspecified atom stereocenters. The van der Waals surface area contributed by atoms with Gasteiger partial charge < -0.3 is 15.2 Å². The van der Waals surface area contributed by atoms with Gasteiger partial charge in [-0.25, -0.2) is 9.18 Å². The van der Waals surface area contributed by atoms with E-state index in [0.29, 0.717) is 30.7 Å². The van der Waals surface area contributed by atoms with E-state index >= 15 is 0 Å². The number of aliphatic carboxylic acids is 1. The topological polar surface area (TPSA) is 58.6 Å². The van der Waals surface area contributed by atoms with Crippen LogP contribution in [0.15, 0.2) is 18.2 Å². The molecule has 1 aromatic carbocycles. The fourth-order valence-electron chi connectivity index (χ4n) is 1.81. The minimum atomic E-state index is -1.00. The Balaban J connectivity index is 2.92. The number of halogens is 1. The number of ether oxygens (including phenoxy) is 1. The van der Waals surface area contributed by atoms with Crippen LogP contribution in [0.4, 0.5) is 4.39 Å². The van der Waals surface area contributed by atoms with Crippen LogP contribution in [0.3, 0.4) is 0 Å². The Labute approximate surface area is 125 Å². The van der Waals surface area contributed by atoms with Gasteiger partial charge in [0.1, 0.15) is 11.6 Å². The summed E-state index contributed by atoms with van der Waals surface area (Å²) in [5.41, 5.74) is 0.492. The largest absolute Gasteiger partial charge is 0.479 e. The Bertz CT molecular complexity index is 483. The molecule has 0 radical (unpaired) electrons. The summed E-state index contributed by atoms with van der Waals surface area (Å²) in [7, 11) is 0. The lowest BCUT2D eigenvalue weighted by molar-refractivity contribution is -0.145. The molecule has 21 heavy (non-hydrogen) atoms. The van der Waals surface area contributed by atoms with E-state index in [1.54, 1.807) is 0 Å². The maximum Gasteiger partial charge on any atom is 0.344 e. The molecule has 0 fully saturated rings. The van der Waals surface area contributed by atoms with Crippen molar-refractivity contribution >= 4 is 5.97 Å². The predicted octanol–water partition coefficient (Wildman–Crippen LogP) is 3.35. The minimum Gasteiger partial charge on any atom is -0.479 e. The van der Waals surface area contributed by atoms with Crippen molar-refractivity contribution in [1.82, 2.24) is 5.32 Å². The highest BCUT2D eigenvalue weighted by atomic mass is 19.1. The Hall–Kier alpha value is -1.62. The number of benzene rings is 1. The molecule has 0 amide bonds. The first kappa shape index (κ1) is 17.4. The number of hydrogen-bond acceptors (Lipinski definition) is 3. The third-order valence-corrected chi connectivity index (χ3v) is 2.93. The third-order valence-electron chi connectivity index (χ3n) is 2.93. The lowest BCUT2D eigenvalue weighted by Crippen LogP contribution is -2.35. The second-order valence-electron chi connectivity index (χ2n) is 6.09. The molecule has 4 nitrogen and oxygen atoms in total. The highest BCUT2D eigenvalue weighted by Crippen LogP contribution is 2.23. The maximum atomic E-state index is 13.4. The van der Waals surface area contributed by atoms with Gasteiger partial charge in [0, 0.05) is 17.6 Å². The van der Waals surface area contributed by atoms with Crippen LogP contribution in [-0.2, 0) is 11.3 Å². The molecule has 1 atom stereocenters.